The van der Waals surface area contributed by atoms with Crippen LogP contribution in [0.5, 0.6) is 5.75 Å². The van der Waals surface area contributed by atoms with E-state index in [2.05, 4.69) is 28.1 Å². The maximum atomic E-state index is 9.96. The lowest BCUT2D eigenvalue weighted by Crippen LogP contribution is -2.26. The fourth-order valence-corrected chi connectivity index (χ4v) is 3.15. The number of hydrogen-bond donors (Lipinski definition) is 1. The zero-order valence-corrected chi connectivity index (χ0v) is 11.7. The molecule has 1 fully saturated rings. The first kappa shape index (κ1) is 12.9. The van der Waals surface area contributed by atoms with Crippen molar-refractivity contribution in [2.75, 3.05) is 7.11 Å². The van der Waals surface area contributed by atoms with E-state index in [-0.39, 0.29) is 6.10 Å². The van der Waals surface area contributed by atoms with Gasteiger partial charge in [0.2, 0.25) is 0 Å². The average molecular weight is 299 g/mol. The second-order valence-corrected chi connectivity index (χ2v) is 5.64. The molecule has 2 rings (SSSR count). The summed E-state index contributed by atoms with van der Waals surface area (Å²) in [5.74, 6) is 1.28. The Hall–Kier alpha value is -0.540. The van der Waals surface area contributed by atoms with E-state index in [1.54, 1.807) is 7.11 Å². The Bertz CT molecular complexity index is 378. The molecule has 3 heteroatoms. The molecule has 0 spiro atoms. The van der Waals surface area contributed by atoms with Gasteiger partial charge in [0.1, 0.15) is 5.75 Å². The Morgan fingerprint density at radius 3 is 2.76 bits per heavy atom. The van der Waals surface area contributed by atoms with Gasteiger partial charge in [-0.15, -0.1) is 0 Å². The van der Waals surface area contributed by atoms with Crippen LogP contribution in [-0.4, -0.2) is 18.3 Å². The Morgan fingerprint density at radius 1 is 1.35 bits per heavy atom. The Morgan fingerprint density at radius 2 is 2.12 bits per heavy atom. The number of rotatable bonds is 3. The fourth-order valence-electron chi connectivity index (χ4n) is 2.57. The van der Waals surface area contributed by atoms with Crippen molar-refractivity contribution in [3.63, 3.8) is 0 Å². The van der Waals surface area contributed by atoms with Crippen LogP contribution in [0.2, 0.25) is 0 Å². The van der Waals surface area contributed by atoms with E-state index in [0.717, 1.165) is 29.5 Å². The maximum absolute atomic E-state index is 9.96. The smallest absolute Gasteiger partial charge is 0.133 e. The Labute approximate surface area is 111 Å². The molecule has 0 aromatic heterocycles. The first-order valence-electron chi connectivity index (χ1n) is 6.21. The second-order valence-electron chi connectivity index (χ2n) is 4.78. The zero-order chi connectivity index (χ0) is 12.3. The summed E-state index contributed by atoms with van der Waals surface area (Å²) >= 11 is 3.50. The lowest BCUT2D eigenvalue weighted by Gasteiger charge is -2.27. The van der Waals surface area contributed by atoms with E-state index in [1.807, 2.05) is 6.07 Å². The van der Waals surface area contributed by atoms with Crippen LogP contribution >= 0.6 is 15.9 Å². The van der Waals surface area contributed by atoms with Gasteiger partial charge in [-0.3, -0.25) is 0 Å². The van der Waals surface area contributed by atoms with E-state index < -0.39 is 0 Å². The zero-order valence-electron chi connectivity index (χ0n) is 10.2. The van der Waals surface area contributed by atoms with Crippen LogP contribution in [0.3, 0.4) is 0 Å². The predicted molar refractivity (Wildman–Crippen MR) is 72.4 cm³/mol. The highest BCUT2D eigenvalue weighted by Crippen LogP contribution is 2.30. The van der Waals surface area contributed by atoms with Crippen molar-refractivity contribution >= 4 is 15.9 Å². The van der Waals surface area contributed by atoms with Gasteiger partial charge < -0.3 is 9.84 Å². The minimum atomic E-state index is -0.121. The summed E-state index contributed by atoms with van der Waals surface area (Å²) in [7, 11) is 1.67. The molecule has 2 nitrogen and oxygen atoms in total. The molecular formula is C14H19BrO2. The lowest BCUT2D eigenvalue weighted by atomic mass is 9.82. The number of methoxy groups -OCH3 is 1. The van der Waals surface area contributed by atoms with Gasteiger partial charge in [-0.25, -0.2) is 0 Å². The lowest BCUT2D eigenvalue weighted by molar-refractivity contribution is 0.0700. The molecule has 0 amide bonds. The van der Waals surface area contributed by atoms with E-state index in [4.69, 9.17) is 4.74 Å². The summed E-state index contributed by atoms with van der Waals surface area (Å²) in [6.45, 7) is 0. The van der Waals surface area contributed by atoms with Gasteiger partial charge in [-0.05, 0) is 58.8 Å². The largest absolute Gasteiger partial charge is 0.496 e. The minimum Gasteiger partial charge on any atom is -0.496 e. The topological polar surface area (TPSA) is 29.5 Å². The number of aliphatic hydroxyl groups excluding tert-OH is 1. The van der Waals surface area contributed by atoms with E-state index in [9.17, 15) is 5.11 Å². The molecule has 1 aliphatic carbocycles. The third kappa shape index (κ3) is 3.23. The molecule has 0 bridgehead atoms. The van der Waals surface area contributed by atoms with Crippen LogP contribution < -0.4 is 4.74 Å². The van der Waals surface area contributed by atoms with E-state index in [1.165, 1.54) is 18.4 Å². The summed E-state index contributed by atoms with van der Waals surface area (Å²) in [5, 5.41) is 9.96. The Balaban J connectivity index is 2.05. The molecule has 0 saturated heterocycles. The van der Waals surface area contributed by atoms with Gasteiger partial charge in [0.05, 0.1) is 17.7 Å². The fraction of sp³-hybridized carbons (Fsp3) is 0.571. The third-order valence-corrected chi connectivity index (χ3v) is 4.20. The molecule has 0 aliphatic heterocycles. The summed E-state index contributed by atoms with van der Waals surface area (Å²) in [5.41, 5.74) is 1.27. The van der Waals surface area contributed by atoms with Gasteiger partial charge in [0, 0.05) is 0 Å². The first-order valence-corrected chi connectivity index (χ1v) is 7.00. The van der Waals surface area contributed by atoms with Gasteiger partial charge in [0.25, 0.3) is 0 Å². The minimum absolute atomic E-state index is 0.121. The SMILES string of the molecule is COc1ccc(CC2CCCCC2O)cc1Br. The quantitative estimate of drug-likeness (QED) is 0.925. The van der Waals surface area contributed by atoms with E-state index in [0.29, 0.717) is 5.92 Å². The summed E-state index contributed by atoms with van der Waals surface area (Å²) in [4.78, 5) is 0. The summed E-state index contributed by atoms with van der Waals surface area (Å²) in [6, 6.07) is 6.17. The normalized spacial score (nSPS) is 24.6. The highest BCUT2D eigenvalue weighted by atomic mass is 79.9. The predicted octanol–water partition coefficient (Wildman–Crippen LogP) is 3.55. The molecular weight excluding hydrogens is 280 g/mol. The van der Waals surface area contributed by atoms with Crippen molar-refractivity contribution in [2.24, 2.45) is 5.92 Å². The van der Waals surface area contributed by atoms with Gasteiger partial charge in [-0.1, -0.05) is 18.9 Å². The monoisotopic (exact) mass is 298 g/mol. The molecule has 2 atom stereocenters. The number of hydrogen-bond acceptors (Lipinski definition) is 2. The van der Waals surface area contributed by atoms with Crippen molar-refractivity contribution in [3.05, 3.63) is 28.2 Å². The van der Waals surface area contributed by atoms with Crippen LogP contribution in [0.1, 0.15) is 31.2 Å². The van der Waals surface area contributed by atoms with Crippen molar-refractivity contribution < 1.29 is 9.84 Å². The molecule has 1 N–H and O–H groups in total. The van der Waals surface area contributed by atoms with Gasteiger partial charge >= 0.3 is 0 Å². The molecule has 1 aromatic rings. The first-order chi connectivity index (χ1) is 8.20. The van der Waals surface area contributed by atoms with Gasteiger partial charge in [-0.2, -0.15) is 0 Å². The molecule has 1 saturated carbocycles. The maximum Gasteiger partial charge on any atom is 0.133 e. The van der Waals surface area contributed by atoms with Crippen molar-refractivity contribution in [2.45, 2.75) is 38.2 Å². The highest BCUT2D eigenvalue weighted by Gasteiger charge is 2.23. The number of benzene rings is 1. The molecule has 1 aliphatic rings. The number of aliphatic hydroxyl groups is 1. The highest BCUT2D eigenvalue weighted by molar-refractivity contribution is 9.10. The summed E-state index contributed by atoms with van der Waals surface area (Å²) < 4.78 is 6.20. The average Bonchev–Trinajstić information content (AvgIpc) is 2.32. The van der Waals surface area contributed by atoms with Crippen LogP contribution in [0.25, 0.3) is 0 Å². The molecule has 0 heterocycles. The van der Waals surface area contributed by atoms with Crippen LogP contribution in [0.4, 0.5) is 0 Å². The van der Waals surface area contributed by atoms with Crippen LogP contribution in [0.15, 0.2) is 22.7 Å². The van der Waals surface area contributed by atoms with Gasteiger partial charge in [0.15, 0.2) is 0 Å². The summed E-state index contributed by atoms with van der Waals surface area (Å²) in [6.07, 6.45) is 5.36. The van der Waals surface area contributed by atoms with Crippen LogP contribution in [0, 0.1) is 5.92 Å². The number of halogens is 1. The van der Waals surface area contributed by atoms with Crippen LogP contribution in [-0.2, 0) is 6.42 Å². The molecule has 0 radical (unpaired) electrons. The molecule has 1 aromatic carbocycles. The third-order valence-electron chi connectivity index (χ3n) is 3.58. The molecule has 17 heavy (non-hydrogen) atoms. The molecule has 94 valence electrons. The second kappa shape index (κ2) is 5.87. The van der Waals surface area contributed by atoms with Crippen molar-refractivity contribution in [3.8, 4) is 5.75 Å². The molecule has 2 unspecified atom stereocenters. The Kier molecular flexibility index (Phi) is 4.46. The number of ether oxygens (including phenoxy) is 1. The standard InChI is InChI=1S/C14H19BrO2/c1-17-14-7-6-10(9-12(14)15)8-11-4-2-3-5-13(11)16/h6-7,9,11,13,16H,2-5,8H2,1H3. The van der Waals surface area contributed by atoms with Crippen molar-refractivity contribution in [1.82, 2.24) is 0 Å². The van der Waals surface area contributed by atoms with Crippen molar-refractivity contribution in [1.29, 1.82) is 0 Å². The van der Waals surface area contributed by atoms with E-state index >= 15 is 0 Å².